The van der Waals surface area contributed by atoms with Gasteiger partial charge in [0.05, 0.1) is 6.26 Å². The molecule has 0 radical (unpaired) electrons. The highest BCUT2D eigenvalue weighted by atomic mass is 16.4. The Kier molecular flexibility index (Phi) is 6.34. The average molecular weight is 515 g/mol. The lowest BCUT2D eigenvalue weighted by atomic mass is 9.86. The molecule has 1 atom stereocenters. The minimum Gasteiger partial charge on any atom is -0.480 e. The molecule has 5 rings (SSSR count). The summed E-state index contributed by atoms with van der Waals surface area (Å²) in [6, 6.07) is 10.2. The molecule has 1 unspecified atom stereocenters. The van der Waals surface area contributed by atoms with Crippen LogP contribution in [0.2, 0.25) is 0 Å². The first-order valence-corrected chi connectivity index (χ1v) is 12.6. The Bertz CT molecular complexity index is 1750. The van der Waals surface area contributed by atoms with Crippen molar-refractivity contribution in [2.24, 2.45) is 0 Å². The lowest BCUT2D eigenvalue weighted by molar-refractivity contribution is -0.141. The van der Waals surface area contributed by atoms with Gasteiger partial charge in [0.25, 0.3) is 0 Å². The van der Waals surface area contributed by atoms with Gasteiger partial charge in [0.2, 0.25) is 5.91 Å². The number of aromatic amines is 1. The number of rotatable bonds is 7. The molecule has 2 aromatic carbocycles. The topological polar surface area (TPSA) is 126 Å². The van der Waals surface area contributed by atoms with Crippen molar-refractivity contribution in [1.29, 1.82) is 0 Å². The first kappa shape index (κ1) is 25.3. The lowest BCUT2D eigenvalue weighted by Crippen LogP contribution is -2.42. The maximum atomic E-state index is 12.8. The molecule has 0 saturated heterocycles. The highest BCUT2D eigenvalue weighted by molar-refractivity contribution is 5.97. The van der Waals surface area contributed by atoms with E-state index in [0.29, 0.717) is 16.7 Å². The zero-order valence-corrected chi connectivity index (χ0v) is 21.8. The van der Waals surface area contributed by atoms with Gasteiger partial charge >= 0.3 is 11.6 Å². The number of hydrogen-bond acceptors (Lipinski definition) is 5. The fourth-order valence-corrected chi connectivity index (χ4v) is 5.01. The molecule has 3 aromatic heterocycles. The van der Waals surface area contributed by atoms with Gasteiger partial charge in [-0.2, -0.15) is 0 Å². The number of para-hydroxylation sites is 1. The Morgan fingerprint density at radius 2 is 1.84 bits per heavy atom. The molecule has 196 valence electrons. The first-order chi connectivity index (χ1) is 18.0. The van der Waals surface area contributed by atoms with Crippen molar-refractivity contribution in [1.82, 2.24) is 10.3 Å². The summed E-state index contributed by atoms with van der Waals surface area (Å²) in [7, 11) is 0. The highest BCUT2D eigenvalue weighted by Crippen LogP contribution is 2.35. The fourth-order valence-electron chi connectivity index (χ4n) is 5.01. The number of carbonyl (C=O) groups is 2. The molecule has 3 N–H and O–H groups in total. The van der Waals surface area contributed by atoms with Gasteiger partial charge in [-0.1, -0.05) is 39.0 Å². The van der Waals surface area contributed by atoms with E-state index in [1.165, 1.54) is 0 Å². The maximum Gasteiger partial charge on any atom is 0.339 e. The van der Waals surface area contributed by atoms with Crippen molar-refractivity contribution < 1.29 is 23.5 Å². The Morgan fingerprint density at radius 1 is 1.08 bits per heavy atom. The van der Waals surface area contributed by atoms with Crippen LogP contribution in [0, 0.1) is 6.92 Å². The van der Waals surface area contributed by atoms with Crippen molar-refractivity contribution in [3.63, 3.8) is 0 Å². The quantitative estimate of drug-likeness (QED) is 0.251. The molecule has 0 aliphatic heterocycles. The summed E-state index contributed by atoms with van der Waals surface area (Å²) in [5, 5.41) is 15.0. The largest absolute Gasteiger partial charge is 0.480 e. The summed E-state index contributed by atoms with van der Waals surface area (Å²) in [6.45, 7) is 8.15. The monoisotopic (exact) mass is 514 g/mol. The summed E-state index contributed by atoms with van der Waals surface area (Å²) in [6.07, 6.45) is 3.72. The van der Waals surface area contributed by atoms with Crippen LogP contribution in [0.4, 0.5) is 0 Å². The van der Waals surface area contributed by atoms with Gasteiger partial charge < -0.3 is 24.2 Å². The summed E-state index contributed by atoms with van der Waals surface area (Å²) < 4.78 is 11.3. The van der Waals surface area contributed by atoms with Gasteiger partial charge in [0.15, 0.2) is 0 Å². The van der Waals surface area contributed by atoms with Crippen LogP contribution in [0.15, 0.2) is 62.5 Å². The standard InChI is InChI=1S/C30H30N2O6/c1-16-18(29(36)38-26-13-25-21(12-20(16)26)22(15-37-25)30(2,3)4)9-10-27(33)32-24(28(34)35)11-17-14-31-23-8-6-5-7-19(17)23/h5-8,12-15,24,31H,9-11H2,1-4H3,(H,32,33)(H,34,35). The summed E-state index contributed by atoms with van der Waals surface area (Å²) in [5.41, 5.74) is 4.32. The Labute approximate surface area is 218 Å². The molecule has 8 nitrogen and oxygen atoms in total. The van der Waals surface area contributed by atoms with E-state index in [9.17, 15) is 19.5 Å². The number of benzene rings is 2. The molecule has 3 heterocycles. The first-order valence-electron chi connectivity index (χ1n) is 12.6. The van der Waals surface area contributed by atoms with Gasteiger partial charge in [-0.05, 0) is 42.0 Å². The van der Waals surface area contributed by atoms with Crippen molar-refractivity contribution in [3.8, 4) is 0 Å². The van der Waals surface area contributed by atoms with Crippen molar-refractivity contribution in [2.75, 3.05) is 0 Å². The second-order valence-electron chi connectivity index (χ2n) is 10.8. The fraction of sp³-hybridized carbons (Fsp3) is 0.300. The molecular formula is C30H30N2O6. The highest BCUT2D eigenvalue weighted by Gasteiger charge is 2.24. The number of carboxylic acids is 1. The number of amides is 1. The second kappa shape index (κ2) is 9.52. The number of furan rings is 1. The number of hydrogen-bond donors (Lipinski definition) is 3. The van der Waals surface area contributed by atoms with Crippen LogP contribution in [-0.4, -0.2) is 28.0 Å². The van der Waals surface area contributed by atoms with E-state index in [4.69, 9.17) is 8.83 Å². The third-order valence-electron chi connectivity index (χ3n) is 7.12. The number of aliphatic carboxylic acids is 1. The molecule has 1 amide bonds. The number of carbonyl (C=O) groups excluding carboxylic acids is 1. The van der Waals surface area contributed by atoms with E-state index in [0.717, 1.165) is 38.4 Å². The molecular weight excluding hydrogens is 484 g/mol. The molecule has 0 spiro atoms. The van der Waals surface area contributed by atoms with Gasteiger partial charge in [0, 0.05) is 57.9 Å². The molecule has 0 aliphatic carbocycles. The minimum absolute atomic E-state index is 0.0457. The lowest BCUT2D eigenvalue weighted by Gasteiger charge is -2.17. The predicted octanol–water partition coefficient (Wildman–Crippen LogP) is 5.37. The smallest absolute Gasteiger partial charge is 0.339 e. The van der Waals surface area contributed by atoms with Crippen LogP contribution in [0.1, 0.15) is 49.4 Å². The third kappa shape index (κ3) is 4.69. The number of aromatic nitrogens is 1. The Balaban J connectivity index is 1.36. The number of carboxylic acid groups (broad SMARTS) is 1. The molecule has 0 saturated carbocycles. The van der Waals surface area contributed by atoms with Crippen LogP contribution in [0.5, 0.6) is 0 Å². The van der Waals surface area contributed by atoms with Crippen LogP contribution >= 0.6 is 0 Å². The molecule has 0 aliphatic rings. The van der Waals surface area contributed by atoms with Gasteiger partial charge in [-0.3, -0.25) is 4.79 Å². The number of fused-ring (bicyclic) bond motifs is 3. The second-order valence-corrected chi connectivity index (χ2v) is 10.8. The molecule has 5 aromatic rings. The van der Waals surface area contributed by atoms with E-state index < -0.39 is 23.5 Å². The molecule has 0 bridgehead atoms. The Morgan fingerprint density at radius 3 is 2.58 bits per heavy atom. The number of nitrogens with one attached hydrogen (secondary N) is 2. The number of aryl methyl sites for hydroxylation is 1. The minimum atomic E-state index is -1.12. The van der Waals surface area contributed by atoms with E-state index in [1.54, 1.807) is 18.5 Å². The van der Waals surface area contributed by atoms with Gasteiger partial charge in [-0.15, -0.1) is 0 Å². The zero-order valence-electron chi connectivity index (χ0n) is 21.8. The summed E-state index contributed by atoms with van der Waals surface area (Å²) in [4.78, 5) is 40.6. The van der Waals surface area contributed by atoms with Crippen LogP contribution in [0.3, 0.4) is 0 Å². The molecule has 0 fully saturated rings. The van der Waals surface area contributed by atoms with E-state index in [2.05, 4.69) is 31.1 Å². The molecule has 38 heavy (non-hydrogen) atoms. The number of H-pyrrole nitrogens is 1. The third-order valence-corrected chi connectivity index (χ3v) is 7.12. The predicted molar refractivity (Wildman–Crippen MR) is 146 cm³/mol. The average Bonchev–Trinajstić information content (AvgIpc) is 3.46. The summed E-state index contributed by atoms with van der Waals surface area (Å²) in [5.74, 6) is -1.57. The Hall–Kier alpha value is -4.33. The maximum absolute atomic E-state index is 12.8. The van der Waals surface area contributed by atoms with Crippen LogP contribution in [-0.2, 0) is 27.8 Å². The summed E-state index contributed by atoms with van der Waals surface area (Å²) >= 11 is 0. The van der Waals surface area contributed by atoms with E-state index in [1.807, 2.05) is 37.3 Å². The van der Waals surface area contributed by atoms with E-state index in [-0.39, 0.29) is 24.7 Å². The van der Waals surface area contributed by atoms with Crippen molar-refractivity contribution >= 4 is 44.7 Å². The van der Waals surface area contributed by atoms with Crippen LogP contribution < -0.4 is 10.9 Å². The van der Waals surface area contributed by atoms with E-state index >= 15 is 0 Å². The van der Waals surface area contributed by atoms with Gasteiger partial charge in [-0.25, -0.2) is 9.59 Å². The van der Waals surface area contributed by atoms with Gasteiger partial charge in [0.1, 0.15) is 17.2 Å². The molecule has 8 heteroatoms. The normalized spacial score (nSPS) is 12.8. The van der Waals surface area contributed by atoms with Crippen LogP contribution in [0.25, 0.3) is 32.8 Å². The zero-order chi connectivity index (χ0) is 27.2. The SMILES string of the molecule is Cc1c(CCC(=O)NC(Cc2c[nH]c3ccccc23)C(=O)O)c(=O)oc2cc3occ(C(C)(C)C)c3cc12. The van der Waals surface area contributed by atoms with Crippen molar-refractivity contribution in [2.45, 2.75) is 58.4 Å². The van der Waals surface area contributed by atoms with Crippen molar-refractivity contribution in [3.05, 3.63) is 81.5 Å².